The van der Waals surface area contributed by atoms with Gasteiger partial charge in [-0.15, -0.1) is 11.3 Å². The number of nitrogens with zero attached hydrogens (tertiary/aromatic N) is 2. The standard InChI is InChI=1S/C12H15N5O3S/c13-11-14-6-3-4-17(5-8(6)21-11)9(18)2-1-7-10(19)16-12(20)15-7/h7H,1-5H2,(H2,13,14)(H2,15,16,19,20)/t7-/m1/s1. The molecule has 0 saturated carbocycles. The maximum absolute atomic E-state index is 12.2. The van der Waals surface area contributed by atoms with Crippen LogP contribution in [-0.2, 0) is 22.6 Å². The molecule has 112 valence electrons. The van der Waals surface area contributed by atoms with Gasteiger partial charge in [0.1, 0.15) is 6.04 Å². The van der Waals surface area contributed by atoms with E-state index in [2.05, 4.69) is 15.6 Å². The van der Waals surface area contributed by atoms with Crippen molar-refractivity contribution in [1.29, 1.82) is 0 Å². The van der Waals surface area contributed by atoms with Crippen molar-refractivity contribution in [3.05, 3.63) is 10.6 Å². The Balaban J connectivity index is 1.55. The second-order valence-electron chi connectivity index (χ2n) is 5.04. The van der Waals surface area contributed by atoms with Crippen molar-refractivity contribution < 1.29 is 14.4 Å². The summed E-state index contributed by atoms with van der Waals surface area (Å²) < 4.78 is 0. The molecule has 4 amide bonds. The summed E-state index contributed by atoms with van der Waals surface area (Å²) in [5.74, 6) is -0.398. The average Bonchev–Trinajstić information content (AvgIpc) is 2.96. The molecule has 1 fully saturated rings. The monoisotopic (exact) mass is 309 g/mol. The van der Waals surface area contributed by atoms with Crippen LogP contribution >= 0.6 is 11.3 Å². The zero-order chi connectivity index (χ0) is 15.0. The molecule has 1 saturated heterocycles. The molecule has 0 aliphatic carbocycles. The van der Waals surface area contributed by atoms with Crippen LogP contribution in [0.5, 0.6) is 0 Å². The minimum Gasteiger partial charge on any atom is -0.375 e. The molecule has 1 atom stereocenters. The highest BCUT2D eigenvalue weighted by Gasteiger charge is 2.31. The van der Waals surface area contributed by atoms with Gasteiger partial charge in [0.2, 0.25) is 5.91 Å². The van der Waals surface area contributed by atoms with E-state index in [1.165, 1.54) is 11.3 Å². The highest BCUT2D eigenvalue weighted by Crippen LogP contribution is 2.26. The molecule has 0 unspecified atom stereocenters. The summed E-state index contributed by atoms with van der Waals surface area (Å²) >= 11 is 1.41. The molecule has 3 rings (SSSR count). The molecule has 0 radical (unpaired) electrons. The predicted molar refractivity (Wildman–Crippen MR) is 75.3 cm³/mol. The fourth-order valence-corrected chi connectivity index (χ4v) is 3.41. The number of carbonyl (C=O) groups is 3. The number of carbonyl (C=O) groups excluding carboxylic acids is 3. The normalized spacial score (nSPS) is 21.0. The Labute approximate surface area is 124 Å². The van der Waals surface area contributed by atoms with Crippen LogP contribution in [0.2, 0.25) is 0 Å². The van der Waals surface area contributed by atoms with Crippen LogP contribution in [0.15, 0.2) is 0 Å². The minimum atomic E-state index is -0.610. The first kappa shape index (κ1) is 13.8. The van der Waals surface area contributed by atoms with Crippen LogP contribution < -0.4 is 16.4 Å². The number of nitrogens with two attached hydrogens (primary N) is 1. The summed E-state index contributed by atoms with van der Waals surface area (Å²) in [6.07, 6.45) is 1.24. The van der Waals surface area contributed by atoms with E-state index in [0.717, 1.165) is 10.6 Å². The van der Waals surface area contributed by atoms with E-state index in [-0.39, 0.29) is 18.2 Å². The fourth-order valence-electron chi connectivity index (χ4n) is 2.52. The van der Waals surface area contributed by atoms with Gasteiger partial charge >= 0.3 is 6.03 Å². The first-order valence-electron chi connectivity index (χ1n) is 6.66. The SMILES string of the molecule is Nc1nc2c(s1)CN(C(=O)CC[C@H]1NC(=O)NC1=O)CC2. The van der Waals surface area contributed by atoms with Crippen molar-refractivity contribution in [2.24, 2.45) is 0 Å². The third-order valence-electron chi connectivity index (χ3n) is 3.61. The summed E-state index contributed by atoms with van der Waals surface area (Å²) in [5, 5.41) is 5.17. The smallest absolute Gasteiger partial charge is 0.322 e. The number of rotatable bonds is 3. The largest absolute Gasteiger partial charge is 0.375 e. The van der Waals surface area contributed by atoms with E-state index >= 15 is 0 Å². The number of hydrogen-bond donors (Lipinski definition) is 3. The predicted octanol–water partition coefficient (Wildman–Crippen LogP) is -0.402. The highest BCUT2D eigenvalue weighted by molar-refractivity contribution is 7.15. The van der Waals surface area contributed by atoms with E-state index in [0.29, 0.717) is 31.1 Å². The van der Waals surface area contributed by atoms with Gasteiger partial charge in [0, 0.05) is 24.3 Å². The first-order valence-corrected chi connectivity index (χ1v) is 7.48. The lowest BCUT2D eigenvalue weighted by Crippen LogP contribution is -2.37. The molecule has 1 aromatic heterocycles. The number of hydrogen-bond acceptors (Lipinski definition) is 6. The lowest BCUT2D eigenvalue weighted by molar-refractivity contribution is -0.132. The number of imide groups is 1. The molecule has 3 heterocycles. The molecular formula is C12H15N5O3S. The third-order valence-corrected chi connectivity index (χ3v) is 4.52. The number of fused-ring (bicyclic) bond motifs is 1. The summed E-state index contributed by atoms with van der Waals surface area (Å²) in [6.45, 7) is 1.13. The Kier molecular flexibility index (Phi) is 3.50. The molecule has 8 nitrogen and oxygen atoms in total. The van der Waals surface area contributed by atoms with E-state index in [1.54, 1.807) is 4.90 Å². The molecule has 0 bridgehead atoms. The molecule has 0 aromatic carbocycles. The van der Waals surface area contributed by atoms with Crippen molar-refractivity contribution in [3.8, 4) is 0 Å². The summed E-state index contributed by atoms with van der Waals surface area (Å²) in [7, 11) is 0. The molecule has 0 spiro atoms. The molecule has 4 N–H and O–H groups in total. The summed E-state index contributed by atoms with van der Waals surface area (Å²) in [5.41, 5.74) is 6.64. The van der Waals surface area contributed by atoms with Gasteiger partial charge in [-0.05, 0) is 6.42 Å². The van der Waals surface area contributed by atoms with Gasteiger partial charge in [0.15, 0.2) is 5.13 Å². The average molecular weight is 309 g/mol. The van der Waals surface area contributed by atoms with Gasteiger partial charge in [-0.3, -0.25) is 14.9 Å². The molecule has 21 heavy (non-hydrogen) atoms. The number of amides is 4. The Morgan fingerprint density at radius 1 is 1.48 bits per heavy atom. The van der Waals surface area contributed by atoms with Crippen LogP contribution in [0.25, 0.3) is 0 Å². The maximum Gasteiger partial charge on any atom is 0.322 e. The van der Waals surface area contributed by atoms with Crippen LogP contribution in [0, 0.1) is 0 Å². The maximum atomic E-state index is 12.2. The van der Waals surface area contributed by atoms with Gasteiger partial charge in [-0.2, -0.15) is 0 Å². The van der Waals surface area contributed by atoms with E-state index in [1.807, 2.05) is 0 Å². The van der Waals surface area contributed by atoms with Crippen LogP contribution in [-0.4, -0.2) is 40.3 Å². The van der Waals surface area contributed by atoms with Crippen LogP contribution in [0.3, 0.4) is 0 Å². The second kappa shape index (κ2) is 5.32. The van der Waals surface area contributed by atoms with Crippen LogP contribution in [0.1, 0.15) is 23.4 Å². The third kappa shape index (κ3) is 2.82. The van der Waals surface area contributed by atoms with E-state index < -0.39 is 12.1 Å². The number of anilines is 1. The zero-order valence-electron chi connectivity index (χ0n) is 11.2. The first-order chi connectivity index (χ1) is 10.0. The zero-order valence-corrected chi connectivity index (χ0v) is 12.0. The summed E-state index contributed by atoms with van der Waals surface area (Å²) in [4.78, 5) is 41.6. The van der Waals surface area contributed by atoms with Gasteiger partial charge < -0.3 is 16.0 Å². The van der Waals surface area contributed by atoms with Crippen molar-refractivity contribution >= 4 is 34.3 Å². The molecule has 2 aliphatic heterocycles. The quantitative estimate of drug-likeness (QED) is 0.657. The number of aromatic nitrogens is 1. The van der Waals surface area contributed by atoms with Gasteiger partial charge in [-0.25, -0.2) is 9.78 Å². The van der Waals surface area contributed by atoms with Gasteiger partial charge in [0.25, 0.3) is 5.91 Å². The van der Waals surface area contributed by atoms with Crippen molar-refractivity contribution in [1.82, 2.24) is 20.5 Å². The number of urea groups is 1. The number of thiazole rings is 1. The molecule has 2 aliphatic rings. The summed E-state index contributed by atoms with van der Waals surface area (Å²) in [6, 6.07) is -1.11. The van der Waals surface area contributed by atoms with Gasteiger partial charge in [0.05, 0.1) is 12.2 Å². The van der Waals surface area contributed by atoms with E-state index in [4.69, 9.17) is 5.73 Å². The van der Waals surface area contributed by atoms with E-state index in [9.17, 15) is 14.4 Å². The lowest BCUT2D eigenvalue weighted by Gasteiger charge is -2.26. The molecule has 9 heteroatoms. The number of nitrogens with one attached hydrogen (secondary N) is 2. The second-order valence-corrected chi connectivity index (χ2v) is 6.16. The molecule has 1 aromatic rings. The highest BCUT2D eigenvalue weighted by atomic mass is 32.1. The Morgan fingerprint density at radius 3 is 3.00 bits per heavy atom. The van der Waals surface area contributed by atoms with Gasteiger partial charge in [-0.1, -0.05) is 0 Å². The lowest BCUT2D eigenvalue weighted by atomic mass is 10.1. The Hall–Kier alpha value is -2.16. The fraction of sp³-hybridized carbons (Fsp3) is 0.500. The van der Waals surface area contributed by atoms with Crippen molar-refractivity contribution in [3.63, 3.8) is 0 Å². The minimum absolute atomic E-state index is 0.0263. The van der Waals surface area contributed by atoms with Crippen LogP contribution in [0.4, 0.5) is 9.93 Å². The number of nitrogen functional groups attached to an aromatic ring is 1. The topological polar surface area (TPSA) is 117 Å². The Morgan fingerprint density at radius 2 is 2.29 bits per heavy atom. The molecular weight excluding hydrogens is 294 g/mol. The Bertz CT molecular complexity index is 614. The van der Waals surface area contributed by atoms with Crippen molar-refractivity contribution in [2.45, 2.75) is 31.8 Å². The van der Waals surface area contributed by atoms with Crippen molar-refractivity contribution in [2.75, 3.05) is 12.3 Å².